The van der Waals surface area contributed by atoms with Crippen LogP contribution in [0.25, 0.3) is 6.08 Å². The number of hydrogen-bond acceptors (Lipinski definition) is 2. The number of benzene rings is 2. The van der Waals surface area contributed by atoms with Crippen molar-refractivity contribution in [2.24, 2.45) is 0 Å². The predicted molar refractivity (Wildman–Crippen MR) is 108 cm³/mol. The third kappa shape index (κ3) is 5.61. The minimum Gasteiger partial charge on any atom is -0.343 e. The smallest absolute Gasteiger partial charge is 0.244 e. The van der Waals surface area contributed by atoms with Crippen molar-refractivity contribution in [2.75, 3.05) is 11.9 Å². The standard InChI is InChI=1S/C20H20Cl2N2O2/c1-12-8-13(2)20(14(3)9-12)24-19(26)11-23-18(25)7-5-15-4-6-16(21)17(22)10-15/h4-10H,11H2,1-3H3,(H,23,25)(H,24,26). The second kappa shape index (κ2) is 8.88. The van der Waals surface area contributed by atoms with Crippen molar-refractivity contribution in [1.82, 2.24) is 5.32 Å². The Hall–Kier alpha value is -2.30. The molecule has 26 heavy (non-hydrogen) atoms. The molecule has 0 radical (unpaired) electrons. The van der Waals surface area contributed by atoms with Gasteiger partial charge in [0.25, 0.3) is 0 Å². The summed E-state index contributed by atoms with van der Waals surface area (Å²) in [6.45, 7) is 5.77. The van der Waals surface area contributed by atoms with Gasteiger partial charge >= 0.3 is 0 Å². The minimum atomic E-state index is -0.372. The number of anilines is 1. The molecular formula is C20H20Cl2N2O2. The van der Waals surface area contributed by atoms with E-state index in [0.29, 0.717) is 10.0 Å². The first-order valence-electron chi connectivity index (χ1n) is 8.05. The predicted octanol–water partition coefficient (Wildman–Crippen LogP) is 4.69. The van der Waals surface area contributed by atoms with Crippen LogP contribution in [0.4, 0.5) is 5.69 Å². The van der Waals surface area contributed by atoms with Crippen LogP contribution in [0.2, 0.25) is 10.0 Å². The molecule has 0 atom stereocenters. The first-order valence-corrected chi connectivity index (χ1v) is 8.80. The summed E-state index contributed by atoms with van der Waals surface area (Å²) in [5, 5.41) is 6.26. The third-order valence-electron chi connectivity index (χ3n) is 3.74. The van der Waals surface area contributed by atoms with Gasteiger partial charge in [-0.25, -0.2) is 0 Å². The molecule has 0 aliphatic rings. The van der Waals surface area contributed by atoms with Crippen LogP contribution in [0.3, 0.4) is 0 Å². The van der Waals surface area contributed by atoms with Crippen LogP contribution in [0, 0.1) is 20.8 Å². The monoisotopic (exact) mass is 390 g/mol. The Labute approximate surface area is 163 Å². The molecule has 136 valence electrons. The average Bonchev–Trinajstić information content (AvgIpc) is 2.57. The lowest BCUT2D eigenvalue weighted by Gasteiger charge is -2.13. The highest BCUT2D eigenvalue weighted by Gasteiger charge is 2.09. The zero-order valence-corrected chi connectivity index (χ0v) is 16.3. The van der Waals surface area contributed by atoms with Gasteiger partial charge in [0.1, 0.15) is 0 Å². The summed E-state index contributed by atoms with van der Waals surface area (Å²) in [5.74, 6) is -0.653. The molecule has 0 saturated heterocycles. The summed E-state index contributed by atoms with van der Waals surface area (Å²) in [5.41, 5.74) is 4.63. The Kier molecular flexibility index (Phi) is 6.83. The number of carbonyl (C=O) groups is 2. The summed E-state index contributed by atoms with van der Waals surface area (Å²) >= 11 is 11.8. The van der Waals surface area contributed by atoms with Crippen LogP contribution >= 0.6 is 23.2 Å². The lowest BCUT2D eigenvalue weighted by molar-refractivity contribution is -0.121. The molecule has 0 aliphatic heterocycles. The van der Waals surface area contributed by atoms with E-state index >= 15 is 0 Å². The van der Waals surface area contributed by atoms with E-state index in [2.05, 4.69) is 10.6 Å². The second-order valence-corrected chi connectivity index (χ2v) is 6.86. The number of carbonyl (C=O) groups excluding carboxylic acids is 2. The highest BCUT2D eigenvalue weighted by Crippen LogP contribution is 2.23. The Morgan fingerprint density at radius 3 is 2.27 bits per heavy atom. The molecule has 0 aromatic heterocycles. The van der Waals surface area contributed by atoms with Gasteiger partial charge in [0, 0.05) is 11.8 Å². The molecule has 0 bridgehead atoms. The number of nitrogens with one attached hydrogen (secondary N) is 2. The van der Waals surface area contributed by atoms with Crippen molar-refractivity contribution >= 4 is 46.8 Å². The SMILES string of the molecule is Cc1cc(C)c(NC(=O)CNC(=O)C=Cc2ccc(Cl)c(Cl)c2)c(C)c1. The largest absolute Gasteiger partial charge is 0.343 e. The first-order chi connectivity index (χ1) is 12.3. The molecule has 0 spiro atoms. The molecule has 0 saturated carbocycles. The van der Waals surface area contributed by atoms with E-state index in [-0.39, 0.29) is 18.4 Å². The topological polar surface area (TPSA) is 58.2 Å². The van der Waals surface area contributed by atoms with Gasteiger partial charge in [0.2, 0.25) is 11.8 Å². The maximum Gasteiger partial charge on any atom is 0.244 e. The summed E-state index contributed by atoms with van der Waals surface area (Å²) in [6.07, 6.45) is 2.94. The fourth-order valence-electron chi connectivity index (χ4n) is 2.58. The molecule has 4 nitrogen and oxygen atoms in total. The fraction of sp³-hybridized carbons (Fsp3) is 0.200. The normalized spacial score (nSPS) is 10.8. The number of aryl methyl sites for hydroxylation is 3. The molecular weight excluding hydrogens is 371 g/mol. The quantitative estimate of drug-likeness (QED) is 0.727. The van der Waals surface area contributed by atoms with Crippen molar-refractivity contribution in [3.05, 3.63) is 68.7 Å². The van der Waals surface area contributed by atoms with Crippen molar-refractivity contribution < 1.29 is 9.59 Å². The Morgan fingerprint density at radius 2 is 1.65 bits per heavy atom. The maximum atomic E-state index is 12.1. The third-order valence-corrected chi connectivity index (χ3v) is 4.47. The zero-order valence-electron chi connectivity index (χ0n) is 14.8. The van der Waals surface area contributed by atoms with Gasteiger partial charge in [-0.05, 0) is 55.7 Å². The lowest BCUT2D eigenvalue weighted by atomic mass is 10.1. The van der Waals surface area contributed by atoms with Gasteiger partial charge in [0.05, 0.1) is 16.6 Å². The minimum absolute atomic E-state index is 0.114. The van der Waals surface area contributed by atoms with Crippen LogP contribution in [-0.2, 0) is 9.59 Å². The molecule has 2 aromatic rings. The van der Waals surface area contributed by atoms with Gasteiger partial charge in [0.15, 0.2) is 0 Å². The van der Waals surface area contributed by atoms with Gasteiger partial charge in [-0.1, -0.05) is 47.0 Å². The van der Waals surface area contributed by atoms with Crippen LogP contribution < -0.4 is 10.6 Å². The number of halogens is 2. The molecule has 6 heteroatoms. The molecule has 2 N–H and O–H groups in total. The number of rotatable bonds is 5. The summed E-state index contributed by atoms with van der Waals surface area (Å²) in [7, 11) is 0. The van der Waals surface area contributed by atoms with E-state index in [1.807, 2.05) is 32.9 Å². The Bertz CT molecular complexity index is 853. The second-order valence-electron chi connectivity index (χ2n) is 6.05. The Morgan fingerprint density at radius 1 is 1.00 bits per heavy atom. The average molecular weight is 391 g/mol. The fourth-order valence-corrected chi connectivity index (χ4v) is 2.88. The molecule has 2 amide bonds. The van der Waals surface area contributed by atoms with E-state index in [1.54, 1.807) is 24.3 Å². The number of hydrogen-bond donors (Lipinski definition) is 2. The molecule has 0 heterocycles. The van der Waals surface area contributed by atoms with Crippen molar-refractivity contribution in [3.8, 4) is 0 Å². The van der Waals surface area contributed by atoms with Crippen molar-refractivity contribution in [2.45, 2.75) is 20.8 Å². The first kappa shape index (κ1) is 20.0. The van der Waals surface area contributed by atoms with Crippen molar-refractivity contribution in [1.29, 1.82) is 0 Å². The molecule has 0 aliphatic carbocycles. The molecule has 0 unspecified atom stereocenters. The van der Waals surface area contributed by atoms with Crippen LogP contribution in [0.15, 0.2) is 36.4 Å². The van der Waals surface area contributed by atoms with Crippen LogP contribution in [-0.4, -0.2) is 18.4 Å². The van der Waals surface area contributed by atoms with E-state index in [9.17, 15) is 9.59 Å². The van der Waals surface area contributed by atoms with Gasteiger partial charge in [-0.15, -0.1) is 0 Å². The summed E-state index contributed by atoms with van der Waals surface area (Å²) < 4.78 is 0. The summed E-state index contributed by atoms with van der Waals surface area (Å²) in [4.78, 5) is 23.9. The van der Waals surface area contributed by atoms with E-state index in [4.69, 9.17) is 23.2 Å². The maximum absolute atomic E-state index is 12.1. The zero-order chi connectivity index (χ0) is 19.3. The van der Waals surface area contributed by atoms with Crippen LogP contribution in [0.5, 0.6) is 0 Å². The van der Waals surface area contributed by atoms with Gasteiger partial charge in [-0.2, -0.15) is 0 Å². The van der Waals surface area contributed by atoms with E-state index in [1.165, 1.54) is 6.08 Å². The number of amides is 2. The van der Waals surface area contributed by atoms with Crippen LogP contribution in [0.1, 0.15) is 22.3 Å². The Balaban J connectivity index is 1.90. The van der Waals surface area contributed by atoms with Gasteiger partial charge in [-0.3, -0.25) is 9.59 Å². The van der Waals surface area contributed by atoms with Crippen molar-refractivity contribution in [3.63, 3.8) is 0 Å². The van der Waals surface area contributed by atoms with Gasteiger partial charge < -0.3 is 10.6 Å². The highest BCUT2D eigenvalue weighted by atomic mass is 35.5. The van der Waals surface area contributed by atoms with E-state index < -0.39 is 0 Å². The summed E-state index contributed by atoms with van der Waals surface area (Å²) in [6, 6.07) is 9.06. The molecule has 2 rings (SSSR count). The van der Waals surface area contributed by atoms with E-state index in [0.717, 1.165) is 27.9 Å². The molecule has 0 fully saturated rings. The highest BCUT2D eigenvalue weighted by molar-refractivity contribution is 6.42. The lowest BCUT2D eigenvalue weighted by Crippen LogP contribution is -2.32. The molecule has 2 aromatic carbocycles.